The fourth-order valence-corrected chi connectivity index (χ4v) is 3.19. The second kappa shape index (κ2) is 6.98. The van der Waals surface area contributed by atoms with Crippen LogP contribution in [0.15, 0.2) is 39.2 Å². The van der Waals surface area contributed by atoms with E-state index in [1.54, 1.807) is 11.4 Å². The first-order valence-electron chi connectivity index (χ1n) is 7.64. The molecule has 1 amide bonds. The number of hydrogen-bond acceptors (Lipinski definition) is 5. The fraction of sp³-hybridized carbons (Fsp3) is 0.250. The highest BCUT2D eigenvalue weighted by Crippen LogP contribution is 2.12. The van der Waals surface area contributed by atoms with Gasteiger partial charge in [0.15, 0.2) is 5.52 Å². The minimum atomic E-state index is -0.561. The lowest BCUT2D eigenvalue weighted by Crippen LogP contribution is -2.41. The van der Waals surface area contributed by atoms with Gasteiger partial charge in [0.05, 0.1) is 5.52 Å². The van der Waals surface area contributed by atoms with Gasteiger partial charge in [0, 0.05) is 17.6 Å². The molecule has 0 spiro atoms. The molecule has 3 aromatic rings. The van der Waals surface area contributed by atoms with Crippen LogP contribution in [-0.2, 0) is 17.9 Å². The number of benzene rings is 1. The highest BCUT2D eigenvalue weighted by Gasteiger charge is 2.17. The van der Waals surface area contributed by atoms with Gasteiger partial charge in [-0.3, -0.25) is 18.7 Å². The molecule has 2 aromatic heterocycles. The van der Waals surface area contributed by atoms with E-state index in [9.17, 15) is 18.8 Å². The Bertz CT molecular complexity index is 1050. The van der Waals surface area contributed by atoms with Crippen molar-refractivity contribution in [2.24, 2.45) is 0 Å². The molecule has 0 radical (unpaired) electrons. The number of hydrogen-bond donors (Lipinski definition) is 1. The van der Waals surface area contributed by atoms with Crippen molar-refractivity contribution < 1.29 is 9.18 Å². The molecule has 0 unspecified atom stereocenters. The molecule has 0 aliphatic rings. The molecule has 0 saturated carbocycles. The van der Waals surface area contributed by atoms with Crippen LogP contribution in [0, 0.1) is 5.82 Å². The summed E-state index contributed by atoms with van der Waals surface area (Å²) in [5.41, 5.74) is -0.239. The average molecular weight is 362 g/mol. The van der Waals surface area contributed by atoms with E-state index in [-0.39, 0.29) is 18.6 Å². The molecule has 0 aliphatic heterocycles. The number of nitrogens with one attached hydrogen (secondary N) is 1. The largest absolute Gasteiger partial charge is 0.332 e. The van der Waals surface area contributed by atoms with Crippen LogP contribution in [0.1, 0.15) is 13.3 Å². The summed E-state index contributed by atoms with van der Waals surface area (Å²) in [6.45, 7) is 1.79. The normalized spacial score (nSPS) is 11.0. The number of aromatic nitrogens is 3. The molecule has 130 valence electrons. The first-order valence-corrected chi connectivity index (χ1v) is 8.48. The maximum absolute atomic E-state index is 13.2. The number of anilines is 1. The Morgan fingerprint density at radius 2 is 2.12 bits per heavy atom. The van der Waals surface area contributed by atoms with Crippen molar-refractivity contribution in [2.75, 3.05) is 5.32 Å². The SMILES string of the molecule is CCCn1c(=O)c2nscc2n(CC(=O)Nc2cccc(F)c2)c1=O. The maximum atomic E-state index is 13.2. The zero-order valence-corrected chi connectivity index (χ0v) is 14.2. The highest BCUT2D eigenvalue weighted by atomic mass is 32.1. The fourth-order valence-electron chi connectivity index (χ4n) is 2.52. The topological polar surface area (TPSA) is 86.0 Å². The van der Waals surface area contributed by atoms with Gasteiger partial charge in [-0.15, -0.1) is 0 Å². The predicted molar refractivity (Wildman–Crippen MR) is 93.5 cm³/mol. The van der Waals surface area contributed by atoms with Crippen molar-refractivity contribution >= 4 is 34.2 Å². The number of halogens is 1. The van der Waals surface area contributed by atoms with Crippen LogP contribution in [0.4, 0.5) is 10.1 Å². The zero-order valence-electron chi connectivity index (χ0n) is 13.4. The standard InChI is InChI=1S/C16H15FN4O3S/c1-2-6-20-15(23)14-12(9-25-19-14)21(16(20)24)8-13(22)18-11-5-3-4-10(17)7-11/h3-5,7,9H,2,6,8H2,1H3,(H,18,22). The minimum absolute atomic E-state index is 0.164. The Hall–Kier alpha value is -2.81. The number of rotatable bonds is 5. The van der Waals surface area contributed by atoms with Crippen LogP contribution in [0.2, 0.25) is 0 Å². The van der Waals surface area contributed by atoms with Gasteiger partial charge in [0.1, 0.15) is 12.4 Å². The number of carbonyl (C=O) groups is 1. The highest BCUT2D eigenvalue weighted by molar-refractivity contribution is 7.04. The van der Waals surface area contributed by atoms with Gasteiger partial charge in [-0.05, 0) is 36.2 Å². The molecule has 0 saturated heterocycles. The Kier molecular flexibility index (Phi) is 4.75. The monoisotopic (exact) mass is 362 g/mol. The second-order valence-corrected chi connectivity index (χ2v) is 6.06. The Labute approximate surface area is 145 Å². The molecule has 0 fully saturated rings. The van der Waals surface area contributed by atoms with Crippen molar-refractivity contribution in [1.82, 2.24) is 13.5 Å². The van der Waals surface area contributed by atoms with Crippen LogP contribution in [0.5, 0.6) is 0 Å². The molecule has 3 rings (SSSR count). The second-order valence-electron chi connectivity index (χ2n) is 5.43. The summed E-state index contributed by atoms with van der Waals surface area (Å²) >= 11 is 1.05. The minimum Gasteiger partial charge on any atom is -0.324 e. The molecular weight excluding hydrogens is 347 g/mol. The molecule has 9 heteroatoms. The lowest BCUT2D eigenvalue weighted by molar-refractivity contribution is -0.116. The number of nitrogens with zero attached hydrogens (tertiary/aromatic N) is 3. The summed E-state index contributed by atoms with van der Waals surface area (Å²) in [5, 5.41) is 4.10. The van der Waals surface area contributed by atoms with Crippen LogP contribution >= 0.6 is 11.5 Å². The van der Waals surface area contributed by atoms with Gasteiger partial charge < -0.3 is 5.32 Å². The van der Waals surface area contributed by atoms with Gasteiger partial charge in [0.2, 0.25) is 5.91 Å². The van der Waals surface area contributed by atoms with Gasteiger partial charge in [-0.1, -0.05) is 13.0 Å². The van der Waals surface area contributed by atoms with Crippen molar-refractivity contribution in [1.29, 1.82) is 0 Å². The Morgan fingerprint density at radius 3 is 2.84 bits per heavy atom. The summed E-state index contributed by atoms with van der Waals surface area (Å²) in [6.07, 6.45) is 0.597. The van der Waals surface area contributed by atoms with Gasteiger partial charge in [0.25, 0.3) is 5.56 Å². The molecular formula is C16H15FN4O3S. The number of fused-ring (bicyclic) bond motifs is 1. The Balaban J connectivity index is 1.98. The maximum Gasteiger partial charge on any atom is 0.332 e. The third kappa shape index (κ3) is 3.36. The molecule has 25 heavy (non-hydrogen) atoms. The zero-order chi connectivity index (χ0) is 18.0. The molecule has 1 aromatic carbocycles. The summed E-state index contributed by atoms with van der Waals surface area (Å²) in [6, 6.07) is 5.46. The lowest BCUT2D eigenvalue weighted by atomic mass is 10.3. The number of carbonyl (C=O) groups excluding carboxylic acids is 1. The molecule has 0 aliphatic carbocycles. The average Bonchev–Trinajstić information content (AvgIpc) is 3.05. The predicted octanol–water partition coefficient (Wildman–Crippen LogP) is 1.81. The van der Waals surface area contributed by atoms with E-state index in [2.05, 4.69) is 9.69 Å². The van der Waals surface area contributed by atoms with E-state index in [0.717, 1.165) is 16.1 Å². The van der Waals surface area contributed by atoms with E-state index in [1.165, 1.54) is 22.8 Å². The van der Waals surface area contributed by atoms with Crippen molar-refractivity contribution in [3.63, 3.8) is 0 Å². The van der Waals surface area contributed by atoms with Gasteiger partial charge in [-0.2, -0.15) is 4.37 Å². The van der Waals surface area contributed by atoms with Crippen molar-refractivity contribution in [3.8, 4) is 0 Å². The van der Waals surface area contributed by atoms with E-state index >= 15 is 0 Å². The summed E-state index contributed by atoms with van der Waals surface area (Å²) in [7, 11) is 0. The third-order valence-electron chi connectivity index (χ3n) is 3.61. The Morgan fingerprint density at radius 1 is 1.32 bits per heavy atom. The third-order valence-corrected chi connectivity index (χ3v) is 4.23. The van der Waals surface area contributed by atoms with Crippen LogP contribution in [0.3, 0.4) is 0 Å². The number of amides is 1. The first kappa shape index (κ1) is 17.0. The van der Waals surface area contributed by atoms with Crippen molar-refractivity contribution in [3.05, 3.63) is 56.3 Å². The van der Waals surface area contributed by atoms with Gasteiger partial charge in [-0.25, -0.2) is 9.18 Å². The summed E-state index contributed by atoms with van der Waals surface area (Å²) < 4.78 is 19.5. The first-order chi connectivity index (χ1) is 12.0. The molecule has 7 nitrogen and oxygen atoms in total. The molecule has 0 atom stereocenters. The van der Waals surface area contributed by atoms with E-state index in [4.69, 9.17) is 0 Å². The smallest absolute Gasteiger partial charge is 0.324 e. The molecule has 0 bridgehead atoms. The summed E-state index contributed by atoms with van der Waals surface area (Å²) in [4.78, 5) is 37.2. The lowest BCUT2D eigenvalue weighted by Gasteiger charge is -2.11. The van der Waals surface area contributed by atoms with E-state index < -0.39 is 23.0 Å². The van der Waals surface area contributed by atoms with Crippen LogP contribution in [-0.4, -0.2) is 19.4 Å². The van der Waals surface area contributed by atoms with E-state index in [1.807, 2.05) is 6.92 Å². The van der Waals surface area contributed by atoms with Crippen LogP contribution in [0.25, 0.3) is 11.0 Å². The molecule has 2 heterocycles. The van der Waals surface area contributed by atoms with E-state index in [0.29, 0.717) is 17.6 Å². The quantitative estimate of drug-likeness (QED) is 0.750. The van der Waals surface area contributed by atoms with Gasteiger partial charge >= 0.3 is 5.69 Å². The summed E-state index contributed by atoms with van der Waals surface area (Å²) in [5.74, 6) is -0.974. The molecule has 1 N–H and O–H groups in total. The van der Waals surface area contributed by atoms with Crippen molar-refractivity contribution in [2.45, 2.75) is 26.4 Å². The van der Waals surface area contributed by atoms with Crippen LogP contribution < -0.4 is 16.6 Å².